The second-order valence-corrected chi connectivity index (χ2v) is 6.59. The highest BCUT2D eigenvalue weighted by atomic mass is 16.5. The van der Waals surface area contributed by atoms with Crippen molar-refractivity contribution in [3.63, 3.8) is 0 Å². The fraction of sp³-hybridized carbons (Fsp3) is 0.333. The van der Waals surface area contributed by atoms with E-state index in [1.54, 1.807) is 12.3 Å². The lowest BCUT2D eigenvalue weighted by atomic mass is 10.1. The number of hydrogen-bond donors (Lipinski definition) is 0. The van der Waals surface area contributed by atoms with E-state index in [0.29, 0.717) is 17.9 Å². The third-order valence-electron chi connectivity index (χ3n) is 4.70. The molecule has 0 N–H and O–H groups in total. The summed E-state index contributed by atoms with van der Waals surface area (Å²) >= 11 is 0. The highest BCUT2D eigenvalue weighted by molar-refractivity contribution is 5.61. The zero-order chi connectivity index (χ0) is 18.5. The number of aromatic nitrogens is 2. The number of morpholine rings is 1. The molecule has 2 aromatic heterocycles. The van der Waals surface area contributed by atoms with Gasteiger partial charge in [-0.1, -0.05) is 30.3 Å². The van der Waals surface area contributed by atoms with Gasteiger partial charge in [-0.25, -0.2) is 4.98 Å². The van der Waals surface area contributed by atoms with Crippen LogP contribution in [0.5, 0.6) is 5.75 Å². The second-order valence-electron chi connectivity index (χ2n) is 6.59. The Hall–Kier alpha value is -2.70. The van der Waals surface area contributed by atoms with Gasteiger partial charge in [-0.05, 0) is 12.5 Å². The SMILES string of the molecule is O=c1cc(-c2ccccc2)nc2cc(OCCCN3CCOCC3)ccn12. The molecular weight excluding hydrogens is 342 g/mol. The van der Waals surface area contributed by atoms with Gasteiger partial charge in [0.2, 0.25) is 0 Å². The summed E-state index contributed by atoms with van der Waals surface area (Å²) in [5.41, 5.74) is 2.09. The number of benzene rings is 1. The van der Waals surface area contributed by atoms with Crippen molar-refractivity contribution in [3.8, 4) is 17.0 Å². The van der Waals surface area contributed by atoms with Gasteiger partial charge < -0.3 is 9.47 Å². The molecule has 140 valence electrons. The first-order valence-electron chi connectivity index (χ1n) is 9.31. The quantitative estimate of drug-likeness (QED) is 0.628. The average molecular weight is 365 g/mol. The van der Waals surface area contributed by atoms with Crippen molar-refractivity contribution >= 4 is 5.65 Å². The molecular formula is C21H23N3O3. The van der Waals surface area contributed by atoms with Crippen LogP contribution in [0.1, 0.15) is 6.42 Å². The first-order chi connectivity index (χ1) is 13.3. The number of ether oxygens (including phenoxy) is 2. The summed E-state index contributed by atoms with van der Waals surface area (Å²) in [5, 5.41) is 0. The zero-order valence-corrected chi connectivity index (χ0v) is 15.2. The molecule has 1 fully saturated rings. The van der Waals surface area contributed by atoms with E-state index in [0.717, 1.165) is 50.6 Å². The van der Waals surface area contributed by atoms with Gasteiger partial charge in [-0.15, -0.1) is 0 Å². The van der Waals surface area contributed by atoms with E-state index in [2.05, 4.69) is 9.88 Å². The molecule has 0 bridgehead atoms. The molecule has 0 aliphatic carbocycles. The van der Waals surface area contributed by atoms with Crippen molar-refractivity contribution in [2.24, 2.45) is 0 Å². The smallest absolute Gasteiger partial charge is 0.258 e. The fourth-order valence-corrected chi connectivity index (χ4v) is 3.23. The fourth-order valence-electron chi connectivity index (χ4n) is 3.23. The molecule has 27 heavy (non-hydrogen) atoms. The predicted octanol–water partition coefficient (Wildman–Crippen LogP) is 2.46. The summed E-state index contributed by atoms with van der Waals surface area (Å²) in [6, 6.07) is 14.9. The van der Waals surface area contributed by atoms with E-state index >= 15 is 0 Å². The third-order valence-corrected chi connectivity index (χ3v) is 4.70. The van der Waals surface area contributed by atoms with E-state index < -0.39 is 0 Å². The lowest BCUT2D eigenvalue weighted by molar-refractivity contribution is 0.0358. The second kappa shape index (κ2) is 8.33. The molecule has 1 aromatic carbocycles. The van der Waals surface area contributed by atoms with Gasteiger partial charge in [0, 0.05) is 43.5 Å². The van der Waals surface area contributed by atoms with Crippen molar-refractivity contribution in [3.05, 3.63) is 65.1 Å². The lowest BCUT2D eigenvalue weighted by Crippen LogP contribution is -2.37. The minimum absolute atomic E-state index is 0.0993. The van der Waals surface area contributed by atoms with E-state index in [1.165, 1.54) is 4.40 Å². The molecule has 6 nitrogen and oxygen atoms in total. The van der Waals surface area contributed by atoms with Crippen LogP contribution in [-0.2, 0) is 4.74 Å². The Morgan fingerprint density at radius 1 is 1.07 bits per heavy atom. The van der Waals surface area contributed by atoms with Crippen LogP contribution < -0.4 is 10.3 Å². The minimum atomic E-state index is -0.0993. The van der Waals surface area contributed by atoms with Crippen molar-refractivity contribution < 1.29 is 9.47 Å². The van der Waals surface area contributed by atoms with Crippen LogP contribution in [0.25, 0.3) is 16.9 Å². The maximum Gasteiger partial charge on any atom is 0.258 e. The molecule has 0 spiro atoms. The lowest BCUT2D eigenvalue weighted by Gasteiger charge is -2.26. The Balaban J connectivity index is 1.45. The molecule has 0 unspecified atom stereocenters. The predicted molar refractivity (Wildman–Crippen MR) is 104 cm³/mol. The van der Waals surface area contributed by atoms with Gasteiger partial charge in [-0.3, -0.25) is 14.1 Å². The first-order valence-corrected chi connectivity index (χ1v) is 9.31. The van der Waals surface area contributed by atoms with Crippen molar-refractivity contribution in [2.75, 3.05) is 39.5 Å². The standard InChI is InChI=1S/C21H23N3O3/c25-21-16-19(17-5-2-1-3-6-17)22-20-15-18(7-9-24(20)21)27-12-4-8-23-10-13-26-14-11-23/h1-3,5-7,9,15-16H,4,8,10-14H2. The van der Waals surface area contributed by atoms with Crippen molar-refractivity contribution in [2.45, 2.75) is 6.42 Å². The van der Waals surface area contributed by atoms with Crippen LogP contribution in [-0.4, -0.2) is 53.7 Å². The van der Waals surface area contributed by atoms with Crippen LogP contribution in [0.3, 0.4) is 0 Å². The van der Waals surface area contributed by atoms with Gasteiger partial charge in [0.1, 0.15) is 11.4 Å². The van der Waals surface area contributed by atoms with Gasteiger partial charge in [0.15, 0.2) is 0 Å². The summed E-state index contributed by atoms with van der Waals surface area (Å²) in [5.74, 6) is 0.731. The maximum atomic E-state index is 12.4. The molecule has 1 saturated heterocycles. The van der Waals surface area contributed by atoms with Crippen LogP contribution in [0.15, 0.2) is 59.5 Å². The Bertz CT molecular complexity index is 950. The van der Waals surface area contributed by atoms with Gasteiger partial charge in [0.05, 0.1) is 25.5 Å². The Labute approximate surface area is 158 Å². The summed E-state index contributed by atoms with van der Waals surface area (Å²) in [6.07, 6.45) is 2.67. The van der Waals surface area contributed by atoms with Crippen LogP contribution in [0.2, 0.25) is 0 Å². The summed E-state index contributed by atoms with van der Waals surface area (Å²) < 4.78 is 12.8. The molecule has 6 heteroatoms. The molecule has 1 aliphatic rings. The van der Waals surface area contributed by atoms with Crippen LogP contribution >= 0.6 is 0 Å². The van der Waals surface area contributed by atoms with Crippen LogP contribution in [0.4, 0.5) is 0 Å². The Morgan fingerprint density at radius 2 is 1.89 bits per heavy atom. The highest BCUT2D eigenvalue weighted by Crippen LogP contribution is 2.18. The van der Waals surface area contributed by atoms with E-state index in [4.69, 9.17) is 9.47 Å². The number of nitrogens with zero attached hydrogens (tertiary/aromatic N) is 3. The van der Waals surface area contributed by atoms with Crippen LogP contribution in [0, 0.1) is 0 Å². The Morgan fingerprint density at radius 3 is 2.70 bits per heavy atom. The summed E-state index contributed by atoms with van der Waals surface area (Å²) in [4.78, 5) is 19.4. The molecule has 0 amide bonds. The first kappa shape index (κ1) is 17.7. The maximum absolute atomic E-state index is 12.4. The summed E-state index contributed by atoms with van der Waals surface area (Å²) in [7, 11) is 0. The number of fused-ring (bicyclic) bond motifs is 1. The molecule has 4 rings (SSSR count). The number of hydrogen-bond acceptors (Lipinski definition) is 5. The molecule has 0 radical (unpaired) electrons. The molecule has 0 saturated carbocycles. The van der Waals surface area contributed by atoms with Gasteiger partial charge in [-0.2, -0.15) is 0 Å². The number of pyridine rings is 1. The molecule has 3 heterocycles. The Kier molecular flexibility index (Phi) is 5.46. The third kappa shape index (κ3) is 4.35. The average Bonchev–Trinajstić information content (AvgIpc) is 2.72. The van der Waals surface area contributed by atoms with E-state index in [1.807, 2.05) is 42.5 Å². The normalized spacial score (nSPS) is 15.1. The van der Waals surface area contributed by atoms with E-state index in [9.17, 15) is 4.79 Å². The van der Waals surface area contributed by atoms with Crippen molar-refractivity contribution in [1.82, 2.24) is 14.3 Å². The highest BCUT2D eigenvalue weighted by Gasteiger charge is 2.10. The summed E-state index contributed by atoms with van der Waals surface area (Å²) in [6.45, 7) is 5.25. The topological polar surface area (TPSA) is 56.1 Å². The molecule has 0 atom stereocenters. The van der Waals surface area contributed by atoms with Gasteiger partial charge in [0.25, 0.3) is 5.56 Å². The zero-order valence-electron chi connectivity index (χ0n) is 15.2. The molecule has 1 aliphatic heterocycles. The van der Waals surface area contributed by atoms with E-state index in [-0.39, 0.29) is 5.56 Å². The number of rotatable bonds is 6. The van der Waals surface area contributed by atoms with Gasteiger partial charge >= 0.3 is 0 Å². The molecule has 3 aromatic rings. The largest absolute Gasteiger partial charge is 0.493 e. The monoisotopic (exact) mass is 365 g/mol. The van der Waals surface area contributed by atoms with Crippen molar-refractivity contribution in [1.29, 1.82) is 0 Å². The minimum Gasteiger partial charge on any atom is -0.493 e.